The topological polar surface area (TPSA) is 47.1 Å². The molecule has 2 N–H and O–H groups in total. The third-order valence-corrected chi connectivity index (χ3v) is 4.96. The molecule has 0 radical (unpaired) electrons. The van der Waals surface area contributed by atoms with E-state index < -0.39 is 0 Å². The number of hydrogen-bond acceptors (Lipinski definition) is 3. The Morgan fingerprint density at radius 3 is 2.74 bits per heavy atom. The highest BCUT2D eigenvalue weighted by molar-refractivity contribution is 5.67. The first-order valence-electron chi connectivity index (χ1n) is 7.82. The maximum Gasteiger partial charge on any atom is 0.150 e. The first-order valence-corrected chi connectivity index (χ1v) is 7.82. The van der Waals surface area contributed by atoms with Gasteiger partial charge in [0.1, 0.15) is 0 Å². The van der Waals surface area contributed by atoms with Crippen LogP contribution in [-0.2, 0) is 6.54 Å². The van der Waals surface area contributed by atoms with E-state index in [1.165, 1.54) is 44.3 Å². The van der Waals surface area contributed by atoms with Crippen LogP contribution < -0.4 is 10.6 Å². The predicted molar refractivity (Wildman–Crippen MR) is 79.4 cm³/mol. The molecular formula is C15H26N4. The summed E-state index contributed by atoms with van der Waals surface area (Å²) in [4.78, 5) is 2.58. The second kappa shape index (κ2) is 5.06. The number of anilines is 2. The highest BCUT2D eigenvalue weighted by Gasteiger charge is 2.35. The molecule has 2 atom stereocenters. The largest absolute Gasteiger partial charge is 0.394 e. The summed E-state index contributed by atoms with van der Waals surface area (Å²) >= 11 is 0. The number of aryl methyl sites for hydroxylation is 2. The van der Waals surface area contributed by atoms with E-state index in [1.54, 1.807) is 0 Å². The monoisotopic (exact) mass is 262 g/mol. The lowest BCUT2D eigenvalue weighted by Crippen LogP contribution is -2.48. The van der Waals surface area contributed by atoms with Crippen molar-refractivity contribution in [3.63, 3.8) is 0 Å². The summed E-state index contributed by atoms with van der Waals surface area (Å²) in [6.07, 6.45) is 8.22. The van der Waals surface area contributed by atoms with Crippen LogP contribution in [0.1, 0.15) is 51.1 Å². The summed E-state index contributed by atoms with van der Waals surface area (Å²) in [5, 5.41) is 4.59. The maximum absolute atomic E-state index is 6.31. The number of rotatable bonds is 2. The second-order valence-electron chi connectivity index (χ2n) is 6.09. The van der Waals surface area contributed by atoms with Gasteiger partial charge < -0.3 is 10.6 Å². The van der Waals surface area contributed by atoms with Gasteiger partial charge in [-0.15, -0.1) is 0 Å². The van der Waals surface area contributed by atoms with Gasteiger partial charge in [0, 0.05) is 19.1 Å². The fourth-order valence-electron chi connectivity index (χ4n) is 3.99. The van der Waals surface area contributed by atoms with Crippen molar-refractivity contribution in [2.45, 2.75) is 65.0 Å². The van der Waals surface area contributed by atoms with E-state index in [9.17, 15) is 0 Å². The molecule has 2 fully saturated rings. The van der Waals surface area contributed by atoms with Crippen molar-refractivity contribution < 1.29 is 0 Å². The fraction of sp³-hybridized carbons (Fsp3) is 0.800. The van der Waals surface area contributed by atoms with Gasteiger partial charge in [0.2, 0.25) is 0 Å². The highest BCUT2D eigenvalue weighted by Crippen LogP contribution is 2.40. The van der Waals surface area contributed by atoms with Crippen LogP contribution in [0, 0.1) is 12.8 Å². The molecule has 4 heteroatoms. The summed E-state index contributed by atoms with van der Waals surface area (Å²) in [7, 11) is 0. The Morgan fingerprint density at radius 2 is 1.95 bits per heavy atom. The van der Waals surface area contributed by atoms with Crippen LogP contribution >= 0.6 is 0 Å². The molecule has 2 heterocycles. The zero-order chi connectivity index (χ0) is 13.4. The van der Waals surface area contributed by atoms with Crippen LogP contribution in [-0.4, -0.2) is 22.4 Å². The van der Waals surface area contributed by atoms with Gasteiger partial charge in [-0.05, 0) is 45.4 Å². The quantitative estimate of drug-likeness (QED) is 0.891. The molecule has 0 bridgehead atoms. The normalized spacial score (nSPS) is 27.4. The Labute approximate surface area is 116 Å². The molecule has 1 aliphatic carbocycles. The summed E-state index contributed by atoms with van der Waals surface area (Å²) in [6.45, 7) is 6.22. The van der Waals surface area contributed by atoms with Crippen LogP contribution in [0.5, 0.6) is 0 Å². The lowest BCUT2D eigenvalue weighted by Gasteiger charge is -2.45. The molecule has 1 aromatic rings. The van der Waals surface area contributed by atoms with Gasteiger partial charge in [0.15, 0.2) is 5.82 Å². The summed E-state index contributed by atoms with van der Waals surface area (Å²) in [5.41, 5.74) is 8.18. The van der Waals surface area contributed by atoms with Gasteiger partial charge in [0.25, 0.3) is 0 Å². The van der Waals surface area contributed by atoms with Gasteiger partial charge in [-0.1, -0.05) is 12.8 Å². The maximum atomic E-state index is 6.31. The van der Waals surface area contributed by atoms with E-state index in [2.05, 4.69) is 21.6 Å². The molecule has 1 aromatic heterocycles. The fourth-order valence-corrected chi connectivity index (χ4v) is 3.99. The number of piperidine rings is 1. The molecule has 3 rings (SSSR count). The van der Waals surface area contributed by atoms with Crippen LogP contribution in [0.4, 0.5) is 11.5 Å². The predicted octanol–water partition coefficient (Wildman–Crippen LogP) is 2.95. The van der Waals surface area contributed by atoms with Gasteiger partial charge >= 0.3 is 0 Å². The van der Waals surface area contributed by atoms with Crippen molar-refractivity contribution in [2.75, 3.05) is 17.2 Å². The zero-order valence-electron chi connectivity index (χ0n) is 12.2. The van der Waals surface area contributed by atoms with Crippen LogP contribution in [0.15, 0.2) is 0 Å². The smallest absolute Gasteiger partial charge is 0.150 e. The molecule has 19 heavy (non-hydrogen) atoms. The number of fused-ring (bicyclic) bond motifs is 1. The number of nitrogens with zero attached hydrogens (tertiary/aromatic N) is 3. The van der Waals surface area contributed by atoms with Crippen LogP contribution in [0.3, 0.4) is 0 Å². The minimum atomic E-state index is 0.700. The molecule has 2 aliphatic rings. The second-order valence-corrected chi connectivity index (χ2v) is 6.09. The minimum absolute atomic E-state index is 0.700. The lowest BCUT2D eigenvalue weighted by atomic mass is 9.78. The highest BCUT2D eigenvalue weighted by atomic mass is 15.4. The van der Waals surface area contributed by atoms with Gasteiger partial charge in [-0.25, -0.2) is 4.68 Å². The van der Waals surface area contributed by atoms with Crippen molar-refractivity contribution >= 4 is 11.5 Å². The Kier molecular flexibility index (Phi) is 3.42. The van der Waals surface area contributed by atoms with Crippen molar-refractivity contribution in [1.82, 2.24) is 9.78 Å². The van der Waals surface area contributed by atoms with E-state index >= 15 is 0 Å². The standard InChI is InChI=1S/C15H26N4/c1-3-19-15(14(16)11(2)17-19)18-10-6-8-12-7-4-5-9-13(12)18/h12-13H,3-10,16H2,1-2H3. The molecule has 0 spiro atoms. The molecule has 2 unspecified atom stereocenters. The molecule has 106 valence electrons. The number of nitrogen functional groups attached to an aromatic ring is 1. The van der Waals surface area contributed by atoms with E-state index in [4.69, 9.17) is 5.73 Å². The average Bonchev–Trinajstić information content (AvgIpc) is 2.74. The first kappa shape index (κ1) is 12.8. The Balaban J connectivity index is 1.95. The summed E-state index contributed by atoms with van der Waals surface area (Å²) in [6, 6.07) is 0.700. The van der Waals surface area contributed by atoms with Crippen molar-refractivity contribution in [2.24, 2.45) is 5.92 Å². The average molecular weight is 262 g/mol. The van der Waals surface area contributed by atoms with Crippen molar-refractivity contribution in [3.05, 3.63) is 5.69 Å². The third-order valence-electron chi connectivity index (χ3n) is 4.96. The summed E-state index contributed by atoms with van der Waals surface area (Å²) in [5.74, 6) is 2.07. The van der Waals surface area contributed by atoms with Crippen molar-refractivity contribution in [1.29, 1.82) is 0 Å². The first-order chi connectivity index (χ1) is 9.22. The Hall–Kier alpha value is -1.19. The van der Waals surface area contributed by atoms with Crippen molar-refractivity contribution in [3.8, 4) is 0 Å². The van der Waals surface area contributed by atoms with Crippen LogP contribution in [0.2, 0.25) is 0 Å². The molecule has 1 aliphatic heterocycles. The van der Waals surface area contributed by atoms with E-state index in [1.807, 2.05) is 6.92 Å². The Bertz CT molecular complexity index is 449. The van der Waals surface area contributed by atoms with E-state index in [0.717, 1.165) is 30.4 Å². The molecule has 0 aromatic carbocycles. The minimum Gasteiger partial charge on any atom is -0.394 e. The lowest BCUT2D eigenvalue weighted by molar-refractivity contribution is 0.241. The molecule has 0 amide bonds. The molecule has 4 nitrogen and oxygen atoms in total. The molecule has 1 saturated carbocycles. The van der Waals surface area contributed by atoms with E-state index in [-0.39, 0.29) is 0 Å². The van der Waals surface area contributed by atoms with Gasteiger partial charge in [-0.2, -0.15) is 5.10 Å². The number of nitrogens with two attached hydrogens (primary N) is 1. The SMILES string of the molecule is CCn1nc(C)c(N)c1N1CCCC2CCCCC21. The van der Waals surface area contributed by atoms with Crippen LogP contribution in [0.25, 0.3) is 0 Å². The summed E-state index contributed by atoms with van der Waals surface area (Å²) < 4.78 is 2.10. The zero-order valence-corrected chi connectivity index (χ0v) is 12.2. The molecular weight excluding hydrogens is 236 g/mol. The Morgan fingerprint density at radius 1 is 1.21 bits per heavy atom. The number of hydrogen-bond donors (Lipinski definition) is 1. The third kappa shape index (κ3) is 2.11. The number of aromatic nitrogens is 2. The van der Waals surface area contributed by atoms with E-state index in [0.29, 0.717) is 6.04 Å². The van der Waals surface area contributed by atoms with Gasteiger partial charge in [-0.3, -0.25) is 0 Å². The molecule has 1 saturated heterocycles. The van der Waals surface area contributed by atoms with Gasteiger partial charge in [0.05, 0.1) is 11.4 Å².